The molecule has 0 bridgehead atoms. The van der Waals surface area contributed by atoms with Gasteiger partial charge in [0.15, 0.2) is 6.10 Å². The lowest BCUT2D eigenvalue weighted by molar-refractivity contribution is -0.122. The van der Waals surface area contributed by atoms with Crippen molar-refractivity contribution in [3.05, 3.63) is 70.1 Å². The van der Waals surface area contributed by atoms with Crippen LogP contribution in [0.25, 0.3) is 0 Å². The molecule has 9 heteroatoms. The number of fused-ring (bicyclic) bond motifs is 1. The van der Waals surface area contributed by atoms with E-state index in [0.29, 0.717) is 39.2 Å². The molecule has 2 aromatic carbocycles. The quantitative estimate of drug-likeness (QED) is 0.339. The number of hydrogen-bond acceptors (Lipinski definition) is 7. The SMILES string of the molecule is CCOC(=O)c1c(NC(=O)c2ccc(O[C@H](C)C(=O)Nc3ccccc3OC)cc2)sc2c1CC[C@H](C)C2. The highest BCUT2D eigenvalue weighted by molar-refractivity contribution is 7.17. The van der Waals surface area contributed by atoms with Crippen LogP contribution in [0.5, 0.6) is 11.5 Å². The largest absolute Gasteiger partial charge is 0.495 e. The van der Waals surface area contributed by atoms with Gasteiger partial charge in [-0.25, -0.2) is 4.79 Å². The second-order valence-corrected chi connectivity index (χ2v) is 10.3. The molecule has 8 nitrogen and oxygen atoms in total. The summed E-state index contributed by atoms with van der Waals surface area (Å²) in [5, 5.41) is 6.23. The standard InChI is InChI=1S/C29H32N2O6S/c1-5-36-29(34)25-21-15-10-17(2)16-24(21)38-28(25)31-27(33)19-11-13-20(14-12-19)37-18(3)26(32)30-22-8-6-7-9-23(22)35-4/h6-9,11-14,17-18H,5,10,15-16H2,1-4H3,(H,30,32)(H,31,33)/t17-,18+/m0/s1. The van der Waals surface area contributed by atoms with E-state index >= 15 is 0 Å². The molecule has 4 rings (SSSR count). The number of amides is 2. The van der Waals surface area contributed by atoms with Crippen molar-refractivity contribution in [2.75, 3.05) is 24.4 Å². The highest BCUT2D eigenvalue weighted by Crippen LogP contribution is 2.40. The van der Waals surface area contributed by atoms with Gasteiger partial charge in [0.25, 0.3) is 11.8 Å². The lowest BCUT2D eigenvalue weighted by Gasteiger charge is -2.18. The lowest BCUT2D eigenvalue weighted by atomic mass is 9.88. The molecular formula is C29H32N2O6S. The van der Waals surface area contributed by atoms with Crippen molar-refractivity contribution >= 4 is 39.8 Å². The molecule has 2 atom stereocenters. The minimum absolute atomic E-state index is 0.268. The Bertz CT molecular complexity index is 1320. The number of ether oxygens (including phenoxy) is 3. The second kappa shape index (κ2) is 12.1. The highest BCUT2D eigenvalue weighted by atomic mass is 32.1. The third-order valence-corrected chi connectivity index (χ3v) is 7.55. The van der Waals surface area contributed by atoms with Crippen molar-refractivity contribution in [3.8, 4) is 11.5 Å². The molecule has 1 aromatic heterocycles. The van der Waals surface area contributed by atoms with E-state index in [1.165, 1.54) is 18.4 Å². The van der Waals surface area contributed by atoms with Gasteiger partial charge in [-0.05, 0) is 81.0 Å². The second-order valence-electron chi connectivity index (χ2n) is 9.20. The maximum atomic E-state index is 13.1. The average Bonchev–Trinajstić information content (AvgIpc) is 3.26. The van der Waals surface area contributed by atoms with Crippen molar-refractivity contribution in [1.29, 1.82) is 0 Å². The molecule has 1 aliphatic carbocycles. The summed E-state index contributed by atoms with van der Waals surface area (Å²) in [6.45, 7) is 5.87. The number of benzene rings is 2. The minimum atomic E-state index is -0.786. The Morgan fingerprint density at radius 2 is 1.82 bits per heavy atom. The van der Waals surface area contributed by atoms with Gasteiger partial charge in [0, 0.05) is 10.4 Å². The Hall–Kier alpha value is -3.85. The summed E-state index contributed by atoms with van der Waals surface area (Å²) < 4.78 is 16.3. The van der Waals surface area contributed by atoms with Crippen LogP contribution in [0.2, 0.25) is 0 Å². The maximum Gasteiger partial charge on any atom is 0.341 e. The first kappa shape index (κ1) is 27.2. The maximum absolute atomic E-state index is 13.1. The van der Waals surface area contributed by atoms with Crippen LogP contribution in [0.1, 0.15) is 58.3 Å². The predicted molar refractivity (Wildman–Crippen MR) is 148 cm³/mol. The molecule has 0 aliphatic heterocycles. The third-order valence-electron chi connectivity index (χ3n) is 6.38. The van der Waals surface area contributed by atoms with E-state index in [4.69, 9.17) is 14.2 Å². The van der Waals surface area contributed by atoms with E-state index in [1.54, 1.807) is 56.3 Å². The number of thiophene rings is 1. The first-order valence-corrected chi connectivity index (χ1v) is 13.5. The zero-order chi connectivity index (χ0) is 27.2. The Morgan fingerprint density at radius 1 is 1.08 bits per heavy atom. The molecule has 0 fully saturated rings. The van der Waals surface area contributed by atoms with Gasteiger partial charge in [0.2, 0.25) is 0 Å². The lowest BCUT2D eigenvalue weighted by Crippen LogP contribution is -2.30. The van der Waals surface area contributed by atoms with Crippen molar-refractivity contribution in [2.24, 2.45) is 5.92 Å². The number of rotatable bonds is 9. The molecule has 2 N–H and O–H groups in total. The van der Waals surface area contributed by atoms with E-state index in [-0.39, 0.29) is 18.4 Å². The first-order chi connectivity index (χ1) is 18.3. The Kier molecular flexibility index (Phi) is 8.68. The van der Waals surface area contributed by atoms with Gasteiger partial charge in [-0.15, -0.1) is 11.3 Å². The van der Waals surface area contributed by atoms with Crippen LogP contribution in [0.3, 0.4) is 0 Å². The first-order valence-electron chi connectivity index (χ1n) is 12.6. The molecule has 1 heterocycles. The average molecular weight is 537 g/mol. The number of nitrogens with one attached hydrogen (secondary N) is 2. The molecule has 3 aromatic rings. The van der Waals surface area contributed by atoms with E-state index in [1.807, 2.05) is 6.07 Å². The molecule has 38 heavy (non-hydrogen) atoms. The smallest absolute Gasteiger partial charge is 0.341 e. The van der Waals surface area contributed by atoms with Gasteiger partial charge >= 0.3 is 5.97 Å². The summed E-state index contributed by atoms with van der Waals surface area (Å²) in [5.41, 5.74) is 2.42. The summed E-state index contributed by atoms with van der Waals surface area (Å²) in [6.07, 6.45) is 1.90. The Labute approximate surface area is 226 Å². The zero-order valence-electron chi connectivity index (χ0n) is 22.0. The van der Waals surface area contributed by atoms with Crippen LogP contribution in [0, 0.1) is 5.92 Å². The van der Waals surface area contributed by atoms with Gasteiger partial charge in [0.1, 0.15) is 16.5 Å². The number of carbonyl (C=O) groups is 3. The van der Waals surface area contributed by atoms with Crippen LogP contribution in [0.4, 0.5) is 10.7 Å². The fourth-order valence-electron chi connectivity index (χ4n) is 4.36. The molecular weight excluding hydrogens is 504 g/mol. The molecule has 0 radical (unpaired) electrons. The van der Waals surface area contributed by atoms with Crippen LogP contribution >= 0.6 is 11.3 Å². The van der Waals surface area contributed by atoms with Crippen molar-refractivity contribution in [3.63, 3.8) is 0 Å². The molecule has 0 saturated carbocycles. The fourth-order valence-corrected chi connectivity index (χ4v) is 5.75. The number of methoxy groups -OCH3 is 1. The minimum Gasteiger partial charge on any atom is -0.495 e. The molecule has 1 aliphatic rings. The Balaban J connectivity index is 1.42. The van der Waals surface area contributed by atoms with E-state index in [9.17, 15) is 14.4 Å². The van der Waals surface area contributed by atoms with Crippen LogP contribution in [0.15, 0.2) is 48.5 Å². The summed E-state index contributed by atoms with van der Waals surface area (Å²) in [5.74, 6) is 0.452. The van der Waals surface area contributed by atoms with Crippen LogP contribution < -0.4 is 20.1 Å². The Morgan fingerprint density at radius 3 is 2.53 bits per heavy atom. The number of para-hydroxylation sites is 2. The topological polar surface area (TPSA) is 103 Å². The number of hydrogen-bond donors (Lipinski definition) is 2. The predicted octanol–water partition coefficient (Wildman–Crippen LogP) is 5.72. The summed E-state index contributed by atoms with van der Waals surface area (Å²) in [4.78, 5) is 39.5. The number of carbonyl (C=O) groups excluding carboxylic acids is 3. The monoisotopic (exact) mass is 536 g/mol. The van der Waals surface area contributed by atoms with E-state index < -0.39 is 12.1 Å². The molecule has 0 unspecified atom stereocenters. The molecule has 2 amide bonds. The molecule has 0 spiro atoms. The zero-order valence-corrected chi connectivity index (χ0v) is 22.8. The van der Waals surface area contributed by atoms with Crippen molar-refractivity contribution in [1.82, 2.24) is 0 Å². The van der Waals surface area contributed by atoms with Crippen molar-refractivity contribution < 1.29 is 28.6 Å². The van der Waals surface area contributed by atoms with Gasteiger partial charge in [-0.2, -0.15) is 0 Å². The van der Waals surface area contributed by atoms with E-state index in [2.05, 4.69) is 17.6 Å². The fraction of sp³-hybridized carbons (Fsp3) is 0.345. The summed E-state index contributed by atoms with van der Waals surface area (Å²) in [6, 6.07) is 13.6. The third kappa shape index (κ3) is 6.16. The van der Waals surface area contributed by atoms with Crippen LogP contribution in [-0.4, -0.2) is 37.6 Å². The van der Waals surface area contributed by atoms with Crippen LogP contribution in [-0.2, 0) is 22.4 Å². The van der Waals surface area contributed by atoms with E-state index in [0.717, 1.165) is 29.7 Å². The van der Waals surface area contributed by atoms with Gasteiger partial charge < -0.3 is 24.8 Å². The number of esters is 1. The van der Waals surface area contributed by atoms with Gasteiger partial charge in [0.05, 0.1) is 25.0 Å². The summed E-state index contributed by atoms with van der Waals surface area (Å²) >= 11 is 1.45. The highest BCUT2D eigenvalue weighted by Gasteiger charge is 2.29. The summed E-state index contributed by atoms with van der Waals surface area (Å²) in [7, 11) is 1.54. The van der Waals surface area contributed by atoms with Gasteiger partial charge in [-0.1, -0.05) is 19.1 Å². The number of anilines is 2. The molecule has 0 saturated heterocycles. The van der Waals surface area contributed by atoms with Gasteiger partial charge in [-0.3, -0.25) is 9.59 Å². The normalized spacial score (nSPS) is 15.1. The van der Waals surface area contributed by atoms with Crippen molar-refractivity contribution in [2.45, 2.75) is 46.1 Å². The molecule has 200 valence electrons.